The summed E-state index contributed by atoms with van der Waals surface area (Å²) in [7, 11) is 2.04. The van der Waals surface area contributed by atoms with Crippen molar-refractivity contribution in [1.29, 1.82) is 0 Å². The van der Waals surface area contributed by atoms with Crippen molar-refractivity contribution in [3.8, 4) is 0 Å². The second-order valence-electron chi connectivity index (χ2n) is 6.19. The molecule has 2 aromatic rings. The zero-order valence-corrected chi connectivity index (χ0v) is 12.5. The molecule has 2 unspecified atom stereocenters. The number of hydrogen-bond acceptors (Lipinski definition) is 2. The fraction of sp³-hybridized carbons (Fsp3) is 0.471. The van der Waals surface area contributed by atoms with Gasteiger partial charge in [0.2, 0.25) is 0 Å². The van der Waals surface area contributed by atoms with Crippen LogP contribution in [0, 0.1) is 5.92 Å². The highest BCUT2D eigenvalue weighted by Gasteiger charge is 2.37. The quantitative estimate of drug-likeness (QED) is 0.777. The monoisotopic (exact) mass is 285 g/mol. The first-order chi connectivity index (χ1) is 9.70. The van der Waals surface area contributed by atoms with Crippen LogP contribution in [0.5, 0.6) is 0 Å². The van der Waals surface area contributed by atoms with E-state index in [-0.39, 0.29) is 5.92 Å². The van der Waals surface area contributed by atoms with Gasteiger partial charge in [-0.15, -0.1) is 0 Å². The summed E-state index contributed by atoms with van der Waals surface area (Å²) in [5.41, 5.74) is 2.10. The van der Waals surface area contributed by atoms with E-state index in [1.54, 1.807) is 0 Å². The number of nitrogens with zero attached hydrogens (tertiary/aromatic N) is 1. The Morgan fingerprint density at radius 1 is 1.20 bits per heavy atom. The van der Waals surface area contributed by atoms with Crippen molar-refractivity contribution in [3.05, 3.63) is 36.0 Å². The van der Waals surface area contributed by atoms with Crippen molar-refractivity contribution in [2.75, 3.05) is 0 Å². The minimum atomic E-state index is 0.259. The van der Waals surface area contributed by atoms with Gasteiger partial charge in [-0.05, 0) is 49.9 Å². The molecule has 104 valence electrons. The van der Waals surface area contributed by atoms with Crippen molar-refractivity contribution in [3.63, 3.8) is 0 Å². The van der Waals surface area contributed by atoms with Gasteiger partial charge in [-0.2, -0.15) is 11.8 Å². The summed E-state index contributed by atoms with van der Waals surface area (Å²) in [6.45, 7) is 0. The van der Waals surface area contributed by atoms with Crippen LogP contribution >= 0.6 is 11.8 Å². The van der Waals surface area contributed by atoms with Crippen LogP contribution in [-0.2, 0) is 7.05 Å². The van der Waals surface area contributed by atoms with Crippen molar-refractivity contribution >= 4 is 28.4 Å². The molecule has 4 rings (SSSR count). The van der Waals surface area contributed by atoms with Crippen molar-refractivity contribution < 1.29 is 4.79 Å². The molecule has 2 nitrogen and oxygen atoms in total. The van der Waals surface area contributed by atoms with E-state index in [0.29, 0.717) is 5.78 Å². The van der Waals surface area contributed by atoms with Crippen LogP contribution in [0.3, 0.4) is 0 Å². The molecule has 2 fully saturated rings. The maximum atomic E-state index is 12.8. The lowest BCUT2D eigenvalue weighted by Gasteiger charge is -2.26. The van der Waals surface area contributed by atoms with Crippen LogP contribution in [-0.4, -0.2) is 20.9 Å². The fourth-order valence-corrected chi connectivity index (χ4v) is 5.52. The third-order valence-electron chi connectivity index (χ3n) is 4.83. The van der Waals surface area contributed by atoms with E-state index < -0.39 is 0 Å². The third kappa shape index (κ3) is 1.99. The molecule has 1 aromatic carbocycles. The molecule has 2 saturated heterocycles. The minimum Gasteiger partial charge on any atom is -0.351 e. The highest BCUT2D eigenvalue weighted by molar-refractivity contribution is 8.00. The van der Waals surface area contributed by atoms with Gasteiger partial charge in [0, 0.05) is 46.1 Å². The van der Waals surface area contributed by atoms with E-state index in [0.717, 1.165) is 28.9 Å². The SMILES string of the molecule is Cn1ccc2cc(C(=O)C3CC4CCC(C3)S4)ccc21. The van der Waals surface area contributed by atoms with Crippen molar-refractivity contribution in [1.82, 2.24) is 4.57 Å². The topological polar surface area (TPSA) is 22.0 Å². The number of rotatable bonds is 2. The van der Waals surface area contributed by atoms with Crippen LogP contribution in [0.15, 0.2) is 30.5 Å². The van der Waals surface area contributed by atoms with Gasteiger partial charge in [0.25, 0.3) is 0 Å². The normalized spacial score (nSPS) is 28.9. The number of fused-ring (bicyclic) bond motifs is 3. The second-order valence-corrected chi connectivity index (χ2v) is 7.80. The van der Waals surface area contributed by atoms with Crippen LogP contribution in [0.25, 0.3) is 10.9 Å². The third-order valence-corrected chi connectivity index (χ3v) is 6.46. The zero-order chi connectivity index (χ0) is 13.7. The van der Waals surface area contributed by atoms with Gasteiger partial charge < -0.3 is 4.57 Å². The van der Waals surface area contributed by atoms with Gasteiger partial charge in [-0.25, -0.2) is 0 Å². The predicted molar refractivity (Wildman–Crippen MR) is 84.4 cm³/mol. The van der Waals surface area contributed by atoms with E-state index >= 15 is 0 Å². The van der Waals surface area contributed by atoms with E-state index in [1.807, 2.05) is 13.1 Å². The molecule has 0 aliphatic carbocycles. The number of aryl methyl sites for hydroxylation is 1. The Morgan fingerprint density at radius 3 is 2.70 bits per heavy atom. The number of carbonyl (C=O) groups is 1. The highest BCUT2D eigenvalue weighted by Crippen LogP contribution is 2.46. The minimum absolute atomic E-state index is 0.259. The van der Waals surface area contributed by atoms with E-state index in [9.17, 15) is 4.79 Å². The Bertz CT molecular complexity index is 663. The maximum Gasteiger partial charge on any atom is 0.166 e. The number of hydrogen-bond donors (Lipinski definition) is 0. The van der Waals surface area contributed by atoms with Gasteiger partial charge in [0.15, 0.2) is 5.78 Å². The molecule has 0 spiro atoms. The predicted octanol–water partition coefficient (Wildman–Crippen LogP) is 4.04. The smallest absolute Gasteiger partial charge is 0.166 e. The molecule has 20 heavy (non-hydrogen) atoms. The van der Waals surface area contributed by atoms with E-state index in [1.165, 1.54) is 23.7 Å². The average Bonchev–Trinajstić information content (AvgIpc) is 3.00. The molecule has 0 N–H and O–H groups in total. The standard InChI is InChI=1S/C17H19NOS/c1-18-7-6-11-8-12(2-5-16(11)18)17(19)13-9-14-3-4-15(10-13)20-14/h2,5-8,13-15H,3-4,9-10H2,1H3. The van der Waals surface area contributed by atoms with Crippen LogP contribution < -0.4 is 0 Å². The molecule has 1 aromatic heterocycles. The Balaban J connectivity index is 1.63. The Morgan fingerprint density at radius 2 is 1.95 bits per heavy atom. The Labute approximate surface area is 123 Å². The van der Waals surface area contributed by atoms with Crippen LogP contribution in [0.2, 0.25) is 0 Å². The molecule has 3 heteroatoms. The van der Waals surface area contributed by atoms with Crippen LogP contribution in [0.1, 0.15) is 36.0 Å². The zero-order valence-electron chi connectivity index (χ0n) is 11.7. The number of aromatic nitrogens is 1. The molecule has 0 saturated carbocycles. The summed E-state index contributed by atoms with van der Waals surface area (Å²) in [5.74, 6) is 0.628. The molecule has 2 aliphatic rings. The Hall–Kier alpha value is -1.22. The maximum absolute atomic E-state index is 12.8. The van der Waals surface area contributed by atoms with E-state index in [4.69, 9.17) is 0 Å². The molecule has 0 amide bonds. The molecule has 3 heterocycles. The lowest BCUT2D eigenvalue weighted by molar-refractivity contribution is 0.0907. The molecule has 0 radical (unpaired) electrons. The highest BCUT2D eigenvalue weighted by atomic mass is 32.2. The first-order valence-electron chi connectivity index (χ1n) is 7.45. The first kappa shape index (κ1) is 12.5. The largest absolute Gasteiger partial charge is 0.351 e. The fourth-order valence-electron chi connectivity index (χ4n) is 3.74. The van der Waals surface area contributed by atoms with Gasteiger partial charge in [0.05, 0.1) is 0 Å². The van der Waals surface area contributed by atoms with Crippen molar-refractivity contribution in [2.24, 2.45) is 13.0 Å². The number of ketones is 1. The van der Waals surface area contributed by atoms with Crippen molar-refractivity contribution in [2.45, 2.75) is 36.2 Å². The first-order valence-corrected chi connectivity index (χ1v) is 8.40. The summed E-state index contributed by atoms with van der Waals surface area (Å²) in [6, 6.07) is 8.25. The molecular weight excluding hydrogens is 266 g/mol. The van der Waals surface area contributed by atoms with Gasteiger partial charge >= 0.3 is 0 Å². The summed E-state index contributed by atoms with van der Waals surface area (Å²) < 4.78 is 2.10. The van der Waals surface area contributed by atoms with Gasteiger partial charge in [-0.1, -0.05) is 0 Å². The van der Waals surface area contributed by atoms with Crippen LogP contribution in [0.4, 0.5) is 0 Å². The van der Waals surface area contributed by atoms with Gasteiger partial charge in [0.1, 0.15) is 0 Å². The average molecular weight is 285 g/mol. The number of thioether (sulfide) groups is 1. The summed E-state index contributed by atoms with van der Waals surface area (Å²) >= 11 is 2.12. The summed E-state index contributed by atoms with van der Waals surface area (Å²) in [4.78, 5) is 12.8. The second kappa shape index (κ2) is 4.66. The summed E-state index contributed by atoms with van der Waals surface area (Å²) in [5, 5.41) is 2.65. The molecule has 2 bridgehead atoms. The number of carbonyl (C=O) groups excluding carboxylic acids is 1. The Kier molecular flexibility index (Phi) is 2.92. The lowest BCUT2D eigenvalue weighted by atomic mass is 9.90. The number of benzene rings is 1. The number of Topliss-reactive ketones (excluding diaryl/α,β-unsaturated/α-hetero) is 1. The van der Waals surface area contributed by atoms with Gasteiger partial charge in [-0.3, -0.25) is 4.79 Å². The van der Waals surface area contributed by atoms with E-state index in [2.05, 4.69) is 40.7 Å². The molecule has 2 aliphatic heterocycles. The lowest BCUT2D eigenvalue weighted by Crippen LogP contribution is -2.24. The molecular formula is C17H19NOS. The summed E-state index contributed by atoms with van der Waals surface area (Å²) in [6.07, 6.45) is 6.86. The molecule has 2 atom stereocenters.